The topological polar surface area (TPSA) is 49.4 Å². The van der Waals surface area contributed by atoms with Gasteiger partial charge in [0.2, 0.25) is 10.0 Å². The Morgan fingerprint density at radius 1 is 1.24 bits per heavy atom. The van der Waals surface area contributed by atoms with E-state index in [2.05, 4.69) is 4.72 Å². The van der Waals surface area contributed by atoms with Crippen LogP contribution in [0, 0.1) is 0 Å². The summed E-state index contributed by atoms with van der Waals surface area (Å²) in [5.74, 6) is 0. The smallest absolute Gasteiger partial charge is 0.309 e. The number of alkyl halides is 3. The first-order valence-corrected chi connectivity index (χ1v) is 7.84. The molecule has 21 heavy (non-hydrogen) atoms. The van der Waals surface area contributed by atoms with Crippen LogP contribution in [0.4, 0.5) is 13.2 Å². The Labute approximate surface area is 123 Å². The predicted octanol–water partition coefficient (Wildman–Crippen LogP) is 2.11. The standard InChI is InChI=1S/C13H19F3N2O2S/c1-17-21(19,20)12-7-6-11(13(14,15)16)9-10(12)5-4-8-18(2)3/h6-7,9,17H,4-5,8H2,1-3H3. The lowest BCUT2D eigenvalue weighted by Crippen LogP contribution is -2.21. The lowest BCUT2D eigenvalue weighted by Gasteiger charge is -2.15. The molecule has 0 spiro atoms. The summed E-state index contributed by atoms with van der Waals surface area (Å²) in [6.45, 7) is 0.662. The molecule has 0 saturated heterocycles. The van der Waals surface area contributed by atoms with Crippen LogP contribution in [0.25, 0.3) is 0 Å². The minimum absolute atomic E-state index is 0.100. The molecule has 8 heteroatoms. The zero-order chi connectivity index (χ0) is 16.3. The van der Waals surface area contributed by atoms with Gasteiger partial charge in [0.15, 0.2) is 0 Å². The van der Waals surface area contributed by atoms with Gasteiger partial charge < -0.3 is 4.90 Å². The number of sulfonamides is 1. The van der Waals surface area contributed by atoms with Crippen molar-refractivity contribution in [3.63, 3.8) is 0 Å². The summed E-state index contributed by atoms with van der Waals surface area (Å²) in [5, 5.41) is 0. The van der Waals surface area contributed by atoms with Gasteiger partial charge in [-0.15, -0.1) is 0 Å². The van der Waals surface area contributed by atoms with Crippen LogP contribution in [0.1, 0.15) is 17.5 Å². The minimum Gasteiger partial charge on any atom is -0.309 e. The van der Waals surface area contributed by atoms with Crippen LogP contribution in [-0.2, 0) is 22.6 Å². The molecule has 0 saturated carbocycles. The van der Waals surface area contributed by atoms with Crippen LogP contribution >= 0.6 is 0 Å². The van der Waals surface area contributed by atoms with E-state index in [-0.39, 0.29) is 16.9 Å². The van der Waals surface area contributed by atoms with Gasteiger partial charge in [-0.2, -0.15) is 13.2 Å². The van der Waals surface area contributed by atoms with Gasteiger partial charge >= 0.3 is 6.18 Å². The van der Waals surface area contributed by atoms with Crippen molar-refractivity contribution in [3.8, 4) is 0 Å². The van der Waals surface area contributed by atoms with Crippen LogP contribution < -0.4 is 4.72 Å². The number of nitrogens with one attached hydrogen (secondary N) is 1. The van der Waals surface area contributed by atoms with Crippen molar-refractivity contribution in [2.75, 3.05) is 27.7 Å². The van der Waals surface area contributed by atoms with Crippen LogP contribution in [0.5, 0.6) is 0 Å². The van der Waals surface area contributed by atoms with Gasteiger partial charge in [-0.25, -0.2) is 13.1 Å². The van der Waals surface area contributed by atoms with E-state index in [1.165, 1.54) is 7.05 Å². The fourth-order valence-corrected chi connectivity index (χ4v) is 2.88. The molecule has 0 aliphatic carbocycles. The molecule has 1 aromatic carbocycles. The third kappa shape index (κ3) is 4.98. The Bertz CT molecular complexity index is 584. The second-order valence-corrected chi connectivity index (χ2v) is 6.79. The first-order valence-electron chi connectivity index (χ1n) is 6.36. The second-order valence-electron chi connectivity index (χ2n) is 4.93. The molecule has 0 bridgehead atoms. The van der Waals surface area contributed by atoms with Gasteiger partial charge in [0.1, 0.15) is 0 Å². The Kier molecular flexibility index (Phi) is 5.77. The Morgan fingerprint density at radius 2 is 1.86 bits per heavy atom. The summed E-state index contributed by atoms with van der Waals surface area (Å²) >= 11 is 0. The molecule has 4 nitrogen and oxygen atoms in total. The maximum atomic E-state index is 12.8. The van der Waals surface area contributed by atoms with Crippen molar-refractivity contribution < 1.29 is 21.6 Å². The van der Waals surface area contributed by atoms with E-state index in [0.29, 0.717) is 13.0 Å². The Hall–Kier alpha value is -1.12. The van der Waals surface area contributed by atoms with Crippen molar-refractivity contribution in [3.05, 3.63) is 29.3 Å². The van der Waals surface area contributed by atoms with Crippen molar-refractivity contribution in [1.29, 1.82) is 0 Å². The molecule has 0 radical (unpaired) electrons. The molecule has 1 rings (SSSR count). The third-order valence-corrected chi connectivity index (χ3v) is 4.51. The zero-order valence-electron chi connectivity index (χ0n) is 12.2. The van der Waals surface area contributed by atoms with Crippen molar-refractivity contribution in [1.82, 2.24) is 9.62 Å². The van der Waals surface area contributed by atoms with Crippen LogP contribution in [0.3, 0.4) is 0 Å². The second kappa shape index (κ2) is 6.76. The van der Waals surface area contributed by atoms with E-state index >= 15 is 0 Å². The van der Waals surface area contributed by atoms with Gasteiger partial charge in [-0.05, 0) is 64.3 Å². The lowest BCUT2D eigenvalue weighted by molar-refractivity contribution is -0.137. The number of halogens is 3. The van der Waals surface area contributed by atoms with Gasteiger partial charge in [0, 0.05) is 0 Å². The molecule has 0 unspecified atom stereocenters. The van der Waals surface area contributed by atoms with Crippen LogP contribution in [0.15, 0.2) is 23.1 Å². The maximum Gasteiger partial charge on any atom is 0.416 e. The van der Waals surface area contributed by atoms with E-state index < -0.39 is 21.8 Å². The molecule has 0 amide bonds. The molecule has 1 N–H and O–H groups in total. The van der Waals surface area contributed by atoms with Crippen molar-refractivity contribution >= 4 is 10.0 Å². The average molecular weight is 324 g/mol. The summed E-state index contributed by atoms with van der Waals surface area (Å²) in [6.07, 6.45) is -3.66. The summed E-state index contributed by atoms with van der Waals surface area (Å²) in [5.41, 5.74) is -0.654. The molecule has 0 heterocycles. The highest BCUT2D eigenvalue weighted by Gasteiger charge is 2.32. The molecule has 0 atom stereocenters. The summed E-state index contributed by atoms with van der Waals surface area (Å²) in [6, 6.07) is 2.72. The minimum atomic E-state index is -4.49. The zero-order valence-corrected chi connectivity index (χ0v) is 13.0. The number of benzene rings is 1. The van der Waals surface area contributed by atoms with E-state index in [4.69, 9.17) is 0 Å². The molecule has 120 valence electrons. The normalized spacial score (nSPS) is 12.9. The highest BCUT2D eigenvalue weighted by atomic mass is 32.2. The van der Waals surface area contributed by atoms with Crippen LogP contribution in [-0.4, -0.2) is 41.0 Å². The number of aryl methyl sites for hydroxylation is 1. The van der Waals surface area contributed by atoms with Crippen molar-refractivity contribution in [2.24, 2.45) is 0 Å². The van der Waals surface area contributed by atoms with Crippen molar-refractivity contribution in [2.45, 2.75) is 23.9 Å². The SMILES string of the molecule is CNS(=O)(=O)c1ccc(C(F)(F)F)cc1CCCN(C)C. The summed E-state index contributed by atoms with van der Waals surface area (Å²) < 4.78 is 64.2. The Balaban J connectivity index is 3.19. The largest absolute Gasteiger partial charge is 0.416 e. The first-order chi connectivity index (χ1) is 9.58. The highest BCUT2D eigenvalue weighted by Crippen LogP contribution is 2.32. The summed E-state index contributed by atoms with van der Waals surface area (Å²) in [4.78, 5) is 1.79. The molecule has 0 fully saturated rings. The number of hydrogen-bond acceptors (Lipinski definition) is 3. The highest BCUT2D eigenvalue weighted by molar-refractivity contribution is 7.89. The molecular formula is C13H19F3N2O2S. The first kappa shape index (κ1) is 17.9. The van der Waals surface area contributed by atoms with E-state index in [1.54, 1.807) is 0 Å². The lowest BCUT2D eigenvalue weighted by atomic mass is 10.1. The monoisotopic (exact) mass is 324 g/mol. The number of rotatable bonds is 6. The quantitative estimate of drug-likeness (QED) is 0.872. The fraction of sp³-hybridized carbons (Fsp3) is 0.538. The molecule has 1 aromatic rings. The van der Waals surface area contributed by atoms with Gasteiger partial charge in [0.05, 0.1) is 10.5 Å². The predicted molar refractivity (Wildman–Crippen MR) is 74.6 cm³/mol. The van der Waals surface area contributed by atoms with E-state index in [0.717, 1.165) is 18.2 Å². The van der Waals surface area contributed by atoms with E-state index in [9.17, 15) is 21.6 Å². The van der Waals surface area contributed by atoms with E-state index in [1.807, 2.05) is 19.0 Å². The molecule has 0 aromatic heterocycles. The van der Waals surface area contributed by atoms with Gasteiger partial charge in [0.25, 0.3) is 0 Å². The van der Waals surface area contributed by atoms with Gasteiger partial charge in [-0.3, -0.25) is 0 Å². The fourth-order valence-electron chi connectivity index (χ4n) is 1.91. The molecule has 0 aliphatic rings. The molecular weight excluding hydrogens is 305 g/mol. The molecule has 0 aliphatic heterocycles. The average Bonchev–Trinajstić information content (AvgIpc) is 2.37. The summed E-state index contributed by atoms with van der Waals surface area (Å²) in [7, 11) is 1.15. The number of nitrogens with zero attached hydrogens (tertiary/aromatic N) is 1. The van der Waals surface area contributed by atoms with Crippen LogP contribution in [0.2, 0.25) is 0 Å². The maximum absolute atomic E-state index is 12.8. The Morgan fingerprint density at radius 3 is 2.33 bits per heavy atom. The van der Waals surface area contributed by atoms with Gasteiger partial charge in [-0.1, -0.05) is 0 Å². The third-order valence-electron chi connectivity index (χ3n) is 3.00. The number of hydrogen-bond donors (Lipinski definition) is 1.